The Morgan fingerprint density at radius 3 is 2.55 bits per heavy atom. The van der Waals surface area contributed by atoms with E-state index in [0.29, 0.717) is 16.9 Å². The van der Waals surface area contributed by atoms with Crippen molar-refractivity contribution in [2.45, 2.75) is 40.0 Å². The number of hydrogen-bond donors (Lipinski definition) is 0. The van der Waals surface area contributed by atoms with E-state index in [-0.39, 0.29) is 28.8 Å². The van der Waals surface area contributed by atoms with Crippen molar-refractivity contribution in [3.8, 4) is 5.75 Å². The fourth-order valence-electron chi connectivity index (χ4n) is 5.39. The first-order chi connectivity index (χ1) is 10.3. The Kier molecular flexibility index (Phi) is 2.55. The van der Waals surface area contributed by atoms with E-state index in [4.69, 9.17) is 4.74 Å². The van der Waals surface area contributed by atoms with Crippen LogP contribution in [0.1, 0.15) is 59.4 Å². The van der Waals surface area contributed by atoms with E-state index in [2.05, 4.69) is 13.8 Å². The predicted molar refractivity (Wildman–Crippen MR) is 83.4 cm³/mol. The molecule has 0 N–H and O–H groups in total. The maximum Gasteiger partial charge on any atom is 0.170 e. The SMILES string of the molecule is COc1cc2c(cc1C)C(=O)[C@H]1[C@H]3C(C)(C)CCC[C@@]13C2=O. The zero-order chi connectivity index (χ0) is 15.9. The first-order valence-corrected chi connectivity index (χ1v) is 8.12. The molecule has 3 nitrogen and oxygen atoms in total. The van der Waals surface area contributed by atoms with Gasteiger partial charge in [0.25, 0.3) is 0 Å². The number of methoxy groups -OCH3 is 1. The van der Waals surface area contributed by atoms with Crippen LogP contribution in [-0.4, -0.2) is 18.7 Å². The molecule has 0 radical (unpaired) electrons. The van der Waals surface area contributed by atoms with Gasteiger partial charge in [-0.2, -0.15) is 0 Å². The number of benzene rings is 1. The van der Waals surface area contributed by atoms with E-state index in [0.717, 1.165) is 24.8 Å². The van der Waals surface area contributed by atoms with Gasteiger partial charge >= 0.3 is 0 Å². The van der Waals surface area contributed by atoms with Crippen molar-refractivity contribution in [1.82, 2.24) is 0 Å². The number of ether oxygens (including phenoxy) is 1. The molecule has 0 bridgehead atoms. The second kappa shape index (κ2) is 4.01. The van der Waals surface area contributed by atoms with Gasteiger partial charge in [-0.05, 0) is 48.8 Å². The first-order valence-electron chi connectivity index (χ1n) is 8.12. The summed E-state index contributed by atoms with van der Waals surface area (Å²) in [6.07, 6.45) is 3.01. The van der Waals surface area contributed by atoms with Crippen molar-refractivity contribution in [2.24, 2.45) is 22.7 Å². The van der Waals surface area contributed by atoms with E-state index in [1.54, 1.807) is 13.2 Å². The van der Waals surface area contributed by atoms with Crippen LogP contribution < -0.4 is 4.74 Å². The number of rotatable bonds is 1. The zero-order valence-corrected chi connectivity index (χ0v) is 13.7. The van der Waals surface area contributed by atoms with E-state index < -0.39 is 5.41 Å². The van der Waals surface area contributed by atoms with Gasteiger partial charge in [-0.1, -0.05) is 20.3 Å². The maximum atomic E-state index is 13.2. The summed E-state index contributed by atoms with van der Waals surface area (Å²) in [5, 5.41) is 0. The highest BCUT2D eigenvalue weighted by molar-refractivity contribution is 6.21. The molecule has 1 spiro atoms. The largest absolute Gasteiger partial charge is 0.496 e. The van der Waals surface area contributed by atoms with Crippen molar-refractivity contribution in [2.75, 3.05) is 7.11 Å². The molecule has 1 aromatic rings. The lowest BCUT2D eigenvalue weighted by Gasteiger charge is -2.33. The number of fused-ring (bicyclic) bond motifs is 2. The van der Waals surface area contributed by atoms with E-state index in [1.807, 2.05) is 13.0 Å². The second-order valence-corrected chi connectivity index (χ2v) is 7.90. The molecular formula is C19H22O3. The summed E-state index contributed by atoms with van der Waals surface area (Å²) >= 11 is 0. The molecule has 3 aliphatic rings. The molecule has 0 saturated heterocycles. The predicted octanol–water partition coefficient (Wildman–Crippen LogP) is 3.83. The summed E-state index contributed by atoms with van der Waals surface area (Å²) < 4.78 is 5.35. The van der Waals surface area contributed by atoms with Crippen LogP contribution in [0.3, 0.4) is 0 Å². The summed E-state index contributed by atoms with van der Waals surface area (Å²) in [7, 11) is 1.61. The quantitative estimate of drug-likeness (QED) is 0.791. The Bertz CT molecular complexity index is 716. The molecule has 2 fully saturated rings. The van der Waals surface area contributed by atoms with Crippen molar-refractivity contribution >= 4 is 11.6 Å². The number of carbonyl (C=O) groups excluding carboxylic acids is 2. The smallest absolute Gasteiger partial charge is 0.170 e. The molecule has 1 aromatic carbocycles. The molecule has 3 heteroatoms. The third-order valence-corrected chi connectivity index (χ3v) is 6.34. The standard InChI is InChI=1S/C19H22O3/c1-10-8-11-12(9-13(10)22-4)17(21)19-7-5-6-18(2,3)16(19)14(19)15(11)20/h8-9,14,16H,5-7H2,1-4H3/t14-,16-,19+/m0/s1. The van der Waals surface area contributed by atoms with Crippen LogP contribution in [0, 0.1) is 29.6 Å². The van der Waals surface area contributed by atoms with Gasteiger partial charge in [-0.15, -0.1) is 0 Å². The minimum Gasteiger partial charge on any atom is -0.496 e. The minimum atomic E-state index is -0.411. The van der Waals surface area contributed by atoms with Crippen LogP contribution in [0.2, 0.25) is 0 Å². The number of ketones is 2. The molecular weight excluding hydrogens is 276 g/mol. The maximum absolute atomic E-state index is 13.2. The summed E-state index contributed by atoms with van der Waals surface area (Å²) in [5.41, 5.74) is 1.79. The van der Waals surface area contributed by atoms with Crippen LogP contribution >= 0.6 is 0 Å². The minimum absolute atomic E-state index is 0.0788. The van der Waals surface area contributed by atoms with Crippen molar-refractivity contribution in [3.05, 3.63) is 28.8 Å². The third kappa shape index (κ3) is 1.42. The highest BCUT2D eigenvalue weighted by Crippen LogP contribution is 2.75. The lowest BCUT2D eigenvalue weighted by atomic mass is 9.69. The molecule has 4 rings (SSSR count). The summed E-state index contributed by atoms with van der Waals surface area (Å²) in [6, 6.07) is 3.63. The summed E-state index contributed by atoms with van der Waals surface area (Å²) in [5.74, 6) is 1.19. The average Bonchev–Trinajstić information content (AvgIpc) is 3.17. The van der Waals surface area contributed by atoms with Crippen LogP contribution in [0.25, 0.3) is 0 Å². The van der Waals surface area contributed by atoms with Gasteiger partial charge in [0.2, 0.25) is 0 Å². The monoisotopic (exact) mass is 298 g/mol. The Labute approximate surface area is 131 Å². The molecule has 0 amide bonds. The van der Waals surface area contributed by atoms with Crippen LogP contribution in [0.5, 0.6) is 5.75 Å². The lowest BCUT2D eigenvalue weighted by Crippen LogP contribution is -2.33. The molecule has 116 valence electrons. The molecule has 3 aliphatic carbocycles. The Hall–Kier alpha value is -1.64. The van der Waals surface area contributed by atoms with Gasteiger partial charge in [0.1, 0.15) is 5.75 Å². The Morgan fingerprint density at radius 1 is 1.14 bits per heavy atom. The van der Waals surface area contributed by atoms with Gasteiger partial charge in [0, 0.05) is 22.5 Å². The fourth-order valence-corrected chi connectivity index (χ4v) is 5.39. The zero-order valence-electron chi connectivity index (χ0n) is 13.7. The molecule has 0 aliphatic heterocycles. The van der Waals surface area contributed by atoms with Crippen molar-refractivity contribution < 1.29 is 14.3 Å². The second-order valence-electron chi connectivity index (χ2n) is 7.90. The van der Waals surface area contributed by atoms with E-state index >= 15 is 0 Å². The molecule has 0 aromatic heterocycles. The van der Waals surface area contributed by atoms with Crippen molar-refractivity contribution in [3.63, 3.8) is 0 Å². The number of aryl methyl sites for hydroxylation is 1. The molecule has 0 unspecified atom stereocenters. The number of hydrogen-bond acceptors (Lipinski definition) is 3. The Morgan fingerprint density at radius 2 is 1.86 bits per heavy atom. The summed E-state index contributed by atoms with van der Waals surface area (Å²) in [6.45, 7) is 6.35. The fraction of sp³-hybridized carbons (Fsp3) is 0.579. The van der Waals surface area contributed by atoms with Gasteiger partial charge in [0.05, 0.1) is 7.11 Å². The van der Waals surface area contributed by atoms with Crippen LogP contribution in [0.15, 0.2) is 12.1 Å². The third-order valence-electron chi connectivity index (χ3n) is 6.34. The first kappa shape index (κ1) is 14.0. The highest BCUT2D eigenvalue weighted by Gasteiger charge is 2.78. The Balaban J connectivity index is 1.90. The molecule has 0 heterocycles. The summed E-state index contributed by atoms with van der Waals surface area (Å²) in [4.78, 5) is 26.2. The average molecular weight is 298 g/mol. The van der Waals surface area contributed by atoms with E-state index in [9.17, 15) is 9.59 Å². The highest BCUT2D eigenvalue weighted by atomic mass is 16.5. The molecule has 3 atom stereocenters. The van der Waals surface area contributed by atoms with Gasteiger partial charge < -0.3 is 4.74 Å². The van der Waals surface area contributed by atoms with Gasteiger partial charge in [-0.25, -0.2) is 0 Å². The van der Waals surface area contributed by atoms with Gasteiger partial charge in [-0.3, -0.25) is 9.59 Å². The van der Waals surface area contributed by atoms with E-state index in [1.165, 1.54) is 0 Å². The van der Waals surface area contributed by atoms with Crippen LogP contribution in [-0.2, 0) is 0 Å². The van der Waals surface area contributed by atoms with Crippen LogP contribution in [0.4, 0.5) is 0 Å². The lowest BCUT2D eigenvalue weighted by molar-refractivity contribution is 0.0752. The normalized spacial score (nSPS) is 34.5. The molecule has 22 heavy (non-hydrogen) atoms. The number of Topliss-reactive ketones (excluding diaryl/α,β-unsaturated/α-hetero) is 2. The number of carbonyl (C=O) groups is 2. The topological polar surface area (TPSA) is 43.4 Å². The van der Waals surface area contributed by atoms with Crippen molar-refractivity contribution in [1.29, 1.82) is 0 Å². The molecule has 2 saturated carbocycles. The van der Waals surface area contributed by atoms with Gasteiger partial charge in [0.15, 0.2) is 11.6 Å².